The minimum Gasteiger partial charge on any atom is -0.489 e. The van der Waals surface area contributed by atoms with Gasteiger partial charge < -0.3 is 14.4 Å². The van der Waals surface area contributed by atoms with Gasteiger partial charge in [-0.2, -0.15) is 5.10 Å². The van der Waals surface area contributed by atoms with Gasteiger partial charge in [0.25, 0.3) is 0 Å². The second-order valence-electron chi connectivity index (χ2n) is 9.07. The van der Waals surface area contributed by atoms with Crippen LogP contribution in [0.25, 0.3) is 11.3 Å². The molecule has 0 spiro atoms. The molecule has 3 aromatic carbocycles. The van der Waals surface area contributed by atoms with Gasteiger partial charge in [-0.25, -0.2) is 27.2 Å². The first-order valence-electron chi connectivity index (χ1n) is 11.9. The van der Waals surface area contributed by atoms with E-state index in [1.807, 2.05) is 0 Å². The molecule has 7 nitrogen and oxygen atoms in total. The van der Waals surface area contributed by atoms with Crippen LogP contribution in [0, 0.1) is 23.3 Å². The van der Waals surface area contributed by atoms with Crippen LogP contribution in [0.3, 0.4) is 0 Å². The Bertz CT molecular complexity index is 1550. The molecule has 0 amide bonds. The number of aromatic nitrogens is 4. The van der Waals surface area contributed by atoms with Crippen LogP contribution in [0.5, 0.6) is 5.75 Å². The highest BCUT2D eigenvalue weighted by molar-refractivity contribution is 5.60. The van der Waals surface area contributed by atoms with E-state index in [2.05, 4.69) is 15.2 Å². The fourth-order valence-electron chi connectivity index (χ4n) is 4.30. The molecule has 1 N–H and O–H groups in total. The van der Waals surface area contributed by atoms with Crippen LogP contribution in [0.1, 0.15) is 29.7 Å². The van der Waals surface area contributed by atoms with E-state index in [1.165, 1.54) is 35.5 Å². The first-order chi connectivity index (χ1) is 18.7. The third-order valence-corrected chi connectivity index (χ3v) is 6.42. The number of ether oxygens (including phenoxy) is 1. The molecule has 0 aliphatic rings. The van der Waals surface area contributed by atoms with E-state index in [4.69, 9.17) is 9.26 Å². The molecular formula is C28H22F4N4O3. The van der Waals surface area contributed by atoms with Crippen molar-refractivity contribution in [1.29, 1.82) is 0 Å². The van der Waals surface area contributed by atoms with E-state index in [0.29, 0.717) is 28.6 Å². The first kappa shape index (κ1) is 26.1. The highest BCUT2D eigenvalue weighted by Crippen LogP contribution is 2.40. The Morgan fingerprint density at radius 1 is 0.949 bits per heavy atom. The molecule has 0 saturated heterocycles. The molecular weight excluding hydrogens is 516 g/mol. The minimum atomic E-state index is -1.89. The van der Waals surface area contributed by atoms with Gasteiger partial charge in [0.15, 0.2) is 0 Å². The lowest BCUT2D eigenvalue weighted by Crippen LogP contribution is -2.38. The summed E-state index contributed by atoms with van der Waals surface area (Å²) < 4.78 is 67.7. The third-order valence-electron chi connectivity index (χ3n) is 6.42. The summed E-state index contributed by atoms with van der Waals surface area (Å²) in [6.45, 7) is 1.42. The Balaban J connectivity index is 1.36. The maximum Gasteiger partial charge on any atom is 0.143 e. The number of hydrogen-bond donors (Lipinski definition) is 1. The fourth-order valence-corrected chi connectivity index (χ4v) is 4.30. The number of rotatable bonds is 9. The van der Waals surface area contributed by atoms with E-state index in [-0.39, 0.29) is 24.5 Å². The molecule has 200 valence electrons. The van der Waals surface area contributed by atoms with Crippen molar-refractivity contribution in [2.24, 2.45) is 0 Å². The lowest BCUT2D eigenvalue weighted by molar-refractivity contribution is -0.0181. The predicted octanol–water partition coefficient (Wildman–Crippen LogP) is 5.76. The number of aliphatic hydroxyl groups is 1. The average Bonchev–Trinajstić information content (AvgIpc) is 3.59. The summed E-state index contributed by atoms with van der Waals surface area (Å²) >= 11 is 0. The number of hydrogen-bond acceptors (Lipinski definition) is 6. The van der Waals surface area contributed by atoms with Crippen LogP contribution in [0.15, 0.2) is 83.9 Å². The molecule has 5 rings (SSSR count). The zero-order valence-electron chi connectivity index (χ0n) is 20.6. The summed E-state index contributed by atoms with van der Waals surface area (Å²) in [5, 5.41) is 19.8. The first-order valence-corrected chi connectivity index (χ1v) is 11.9. The number of halogens is 4. The molecule has 2 aromatic heterocycles. The molecule has 2 heterocycles. The standard InChI is InChI=1S/C28H22F4N4O3/c1-17(28(37,14-36-16-33-15-34-36)24-7-4-20(29)11-25(24)32)27-12-26(35-39-27)19-2-5-23(6-3-19)38-13-18-8-21(30)10-22(31)9-18/h2-12,15-17,37H,13-14H2,1H3/t17-,28+/m0/s1. The van der Waals surface area contributed by atoms with Gasteiger partial charge in [-0.15, -0.1) is 0 Å². The van der Waals surface area contributed by atoms with Crippen molar-refractivity contribution in [3.63, 3.8) is 0 Å². The van der Waals surface area contributed by atoms with Gasteiger partial charge >= 0.3 is 0 Å². The van der Waals surface area contributed by atoms with Crippen molar-refractivity contribution in [1.82, 2.24) is 19.9 Å². The predicted molar refractivity (Wildman–Crippen MR) is 131 cm³/mol. The second-order valence-corrected chi connectivity index (χ2v) is 9.07. The molecule has 11 heteroatoms. The van der Waals surface area contributed by atoms with E-state index in [1.54, 1.807) is 37.3 Å². The Labute approximate surface area is 220 Å². The molecule has 0 aliphatic carbocycles. The summed E-state index contributed by atoms with van der Waals surface area (Å²) in [6.07, 6.45) is 2.65. The molecule has 39 heavy (non-hydrogen) atoms. The van der Waals surface area contributed by atoms with Gasteiger partial charge in [0.05, 0.1) is 12.5 Å². The largest absolute Gasteiger partial charge is 0.489 e. The van der Waals surface area contributed by atoms with Crippen LogP contribution in [-0.2, 0) is 18.8 Å². The van der Waals surface area contributed by atoms with Crippen molar-refractivity contribution >= 4 is 0 Å². The van der Waals surface area contributed by atoms with Crippen LogP contribution >= 0.6 is 0 Å². The summed E-state index contributed by atoms with van der Waals surface area (Å²) in [5.74, 6) is -3.17. The maximum absolute atomic E-state index is 14.8. The van der Waals surface area contributed by atoms with E-state index >= 15 is 0 Å². The van der Waals surface area contributed by atoms with Gasteiger partial charge in [-0.1, -0.05) is 18.1 Å². The second kappa shape index (κ2) is 10.7. The summed E-state index contributed by atoms with van der Waals surface area (Å²) in [4.78, 5) is 3.87. The molecule has 0 saturated carbocycles. The fraction of sp³-hybridized carbons (Fsp3) is 0.179. The number of benzene rings is 3. The summed E-state index contributed by atoms with van der Waals surface area (Å²) in [7, 11) is 0. The van der Waals surface area contributed by atoms with Crippen molar-refractivity contribution < 1.29 is 31.9 Å². The van der Waals surface area contributed by atoms with Crippen LogP contribution in [-0.4, -0.2) is 25.0 Å². The molecule has 0 unspecified atom stereocenters. The van der Waals surface area contributed by atoms with Crippen molar-refractivity contribution in [2.45, 2.75) is 31.6 Å². The van der Waals surface area contributed by atoms with E-state index < -0.39 is 34.8 Å². The SMILES string of the molecule is C[C@@H](c1cc(-c2ccc(OCc3cc(F)cc(F)c3)cc2)no1)[C@](O)(Cn1cncn1)c1ccc(F)cc1F. The quantitative estimate of drug-likeness (QED) is 0.240. The summed E-state index contributed by atoms with van der Waals surface area (Å²) in [5.41, 5.74) is -0.573. The minimum absolute atomic E-state index is 0.0239. The van der Waals surface area contributed by atoms with Gasteiger partial charge in [0.1, 0.15) is 65.3 Å². The Morgan fingerprint density at radius 3 is 2.36 bits per heavy atom. The monoisotopic (exact) mass is 538 g/mol. The maximum atomic E-state index is 14.8. The van der Waals surface area contributed by atoms with Crippen molar-refractivity contribution in [3.05, 3.63) is 120 Å². The van der Waals surface area contributed by atoms with Crippen LogP contribution < -0.4 is 4.74 Å². The van der Waals surface area contributed by atoms with Gasteiger partial charge in [0, 0.05) is 29.3 Å². The third kappa shape index (κ3) is 5.68. The van der Waals surface area contributed by atoms with Gasteiger partial charge in [0.2, 0.25) is 0 Å². The van der Waals surface area contributed by atoms with Crippen molar-refractivity contribution in [3.8, 4) is 17.0 Å². The van der Waals surface area contributed by atoms with E-state index in [0.717, 1.165) is 12.1 Å². The van der Waals surface area contributed by atoms with Crippen molar-refractivity contribution in [2.75, 3.05) is 0 Å². The smallest absolute Gasteiger partial charge is 0.143 e. The normalized spacial score (nSPS) is 13.7. The molecule has 0 aliphatic heterocycles. The average molecular weight is 539 g/mol. The van der Waals surface area contributed by atoms with Gasteiger partial charge in [-0.3, -0.25) is 0 Å². The topological polar surface area (TPSA) is 86.2 Å². The van der Waals surface area contributed by atoms with Crippen LogP contribution in [0.2, 0.25) is 0 Å². The molecule has 0 bridgehead atoms. The zero-order chi connectivity index (χ0) is 27.6. The lowest BCUT2D eigenvalue weighted by Gasteiger charge is -2.33. The Morgan fingerprint density at radius 2 is 1.69 bits per heavy atom. The van der Waals surface area contributed by atoms with Gasteiger partial charge in [-0.05, 0) is 48.0 Å². The highest BCUT2D eigenvalue weighted by Gasteiger charge is 2.42. The molecule has 0 radical (unpaired) electrons. The number of nitrogens with zero attached hydrogens (tertiary/aromatic N) is 4. The Hall–Kier alpha value is -4.51. The highest BCUT2D eigenvalue weighted by atomic mass is 19.1. The lowest BCUT2D eigenvalue weighted by atomic mass is 9.80. The molecule has 5 aromatic rings. The molecule has 0 fully saturated rings. The Kier molecular flexibility index (Phi) is 7.16. The molecule has 2 atom stereocenters. The zero-order valence-corrected chi connectivity index (χ0v) is 20.6. The summed E-state index contributed by atoms with van der Waals surface area (Å²) in [6, 6.07) is 14.5. The van der Waals surface area contributed by atoms with E-state index in [9.17, 15) is 22.7 Å². The van der Waals surface area contributed by atoms with Crippen LogP contribution in [0.4, 0.5) is 17.6 Å².